The number of phosphoric ester groups is 1. The molecule has 7 atom stereocenters. The van der Waals surface area contributed by atoms with Crippen LogP contribution in [0.25, 0.3) is 11.0 Å². The Bertz CT molecular complexity index is 1400. The lowest BCUT2D eigenvalue weighted by molar-refractivity contribution is -0.313. The maximum Gasteiger partial charge on any atom is 0.527 e. The summed E-state index contributed by atoms with van der Waals surface area (Å²) in [5, 5.41) is 0.662. The van der Waals surface area contributed by atoms with Crippen molar-refractivity contribution < 1.29 is 56.1 Å². The monoisotopic (exact) mass is 612 g/mol. The van der Waals surface area contributed by atoms with E-state index in [0.29, 0.717) is 37.0 Å². The summed E-state index contributed by atoms with van der Waals surface area (Å²) >= 11 is 0. The second kappa shape index (κ2) is 10.6. The van der Waals surface area contributed by atoms with Crippen molar-refractivity contribution in [2.75, 3.05) is 20.3 Å². The number of benzene rings is 1. The molecule has 0 radical (unpaired) electrons. The van der Waals surface area contributed by atoms with Gasteiger partial charge in [0.15, 0.2) is 17.4 Å². The molecule has 4 fully saturated rings. The maximum absolute atomic E-state index is 13.5. The largest absolute Gasteiger partial charge is 0.527 e. The summed E-state index contributed by atoms with van der Waals surface area (Å²) in [5.74, 6) is -3.12. The van der Waals surface area contributed by atoms with E-state index in [1.165, 1.54) is 18.2 Å². The van der Waals surface area contributed by atoms with E-state index in [1.807, 2.05) is 0 Å². The highest BCUT2D eigenvalue weighted by Gasteiger charge is 2.66. The van der Waals surface area contributed by atoms with Crippen LogP contribution in [0, 0.1) is 6.92 Å². The first-order chi connectivity index (χ1) is 19.7. The predicted octanol–water partition coefficient (Wildman–Crippen LogP) is 3.56. The zero-order valence-corrected chi connectivity index (χ0v) is 25.3. The summed E-state index contributed by atoms with van der Waals surface area (Å²) in [4.78, 5) is 22.8. The Balaban J connectivity index is 1.30. The number of phosphoric acid groups is 1. The van der Waals surface area contributed by atoms with Gasteiger partial charge in [0, 0.05) is 37.5 Å². The average Bonchev–Trinajstić information content (AvgIpc) is 3.40. The molecular formula is C28H37O13P. The summed E-state index contributed by atoms with van der Waals surface area (Å²) in [7, 11) is -3.23. The van der Waals surface area contributed by atoms with Crippen LogP contribution in [-0.4, -0.2) is 79.2 Å². The predicted molar refractivity (Wildman–Crippen MR) is 145 cm³/mol. The van der Waals surface area contributed by atoms with Gasteiger partial charge < -0.3 is 42.1 Å². The molecule has 14 heteroatoms. The van der Waals surface area contributed by atoms with E-state index in [9.17, 15) is 14.3 Å². The maximum atomic E-state index is 13.5. The van der Waals surface area contributed by atoms with Crippen LogP contribution >= 0.6 is 7.82 Å². The quantitative estimate of drug-likeness (QED) is 0.276. The summed E-state index contributed by atoms with van der Waals surface area (Å²) in [6, 6.07) is 5.85. The van der Waals surface area contributed by atoms with Gasteiger partial charge >= 0.3 is 13.4 Å². The van der Waals surface area contributed by atoms with E-state index in [-0.39, 0.29) is 11.3 Å². The molecule has 3 aliphatic heterocycles. The molecule has 1 aliphatic carbocycles. The smallest absolute Gasteiger partial charge is 0.423 e. The Morgan fingerprint density at radius 1 is 0.905 bits per heavy atom. The number of fused-ring (bicyclic) bond motifs is 3. The van der Waals surface area contributed by atoms with Crippen LogP contribution in [0.5, 0.6) is 5.75 Å². The van der Waals surface area contributed by atoms with Crippen molar-refractivity contribution in [2.24, 2.45) is 0 Å². The molecule has 1 saturated carbocycles. The first kappa shape index (κ1) is 30.1. The van der Waals surface area contributed by atoms with Crippen molar-refractivity contribution in [3.8, 4) is 5.75 Å². The Morgan fingerprint density at radius 2 is 1.48 bits per heavy atom. The van der Waals surface area contributed by atoms with Gasteiger partial charge in [-0.3, -0.25) is 9.42 Å². The highest BCUT2D eigenvalue weighted by atomic mass is 31.2. The van der Waals surface area contributed by atoms with Gasteiger partial charge in [0.1, 0.15) is 48.0 Å². The molecule has 1 N–H and O–H groups in total. The molecule has 1 aromatic heterocycles. The van der Waals surface area contributed by atoms with Crippen LogP contribution in [0.2, 0.25) is 0 Å². The molecule has 232 valence electrons. The lowest BCUT2D eigenvalue weighted by Gasteiger charge is -2.46. The SMILES string of the molecule is COC1(OC2[C@H]3OC(C)(C)O[C@@H]3C(OP(=O)(O)Oc3ccc4c(C)cc(=O)oc4c3)[C@H]3OC(C)(C)O[C@@H]23)CCOCC1. The molecule has 0 amide bonds. The minimum absolute atomic E-state index is 0.0263. The Morgan fingerprint density at radius 3 is 2.05 bits per heavy atom. The molecule has 2 aromatic rings. The summed E-state index contributed by atoms with van der Waals surface area (Å²) in [5.41, 5.74) is 0.360. The molecule has 6 rings (SSSR count). The topological polar surface area (TPSA) is 151 Å². The van der Waals surface area contributed by atoms with Crippen LogP contribution in [0.4, 0.5) is 0 Å². The molecule has 3 unspecified atom stereocenters. The fraction of sp³-hybridized carbons (Fsp3) is 0.679. The fourth-order valence-electron chi connectivity index (χ4n) is 6.25. The van der Waals surface area contributed by atoms with Crippen molar-refractivity contribution in [1.29, 1.82) is 0 Å². The van der Waals surface area contributed by atoms with Crippen LogP contribution in [-0.2, 0) is 42.2 Å². The second-order valence-corrected chi connectivity index (χ2v) is 13.3. The van der Waals surface area contributed by atoms with Gasteiger partial charge in [-0.15, -0.1) is 0 Å². The van der Waals surface area contributed by atoms with Crippen molar-refractivity contribution in [1.82, 2.24) is 0 Å². The van der Waals surface area contributed by atoms with Gasteiger partial charge in [0.2, 0.25) is 0 Å². The van der Waals surface area contributed by atoms with Gasteiger partial charge in [-0.25, -0.2) is 9.36 Å². The molecule has 0 spiro atoms. The lowest BCUT2D eigenvalue weighted by Crippen LogP contribution is -2.64. The number of hydrogen-bond donors (Lipinski definition) is 1. The molecule has 0 bridgehead atoms. The van der Waals surface area contributed by atoms with E-state index >= 15 is 0 Å². The van der Waals surface area contributed by atoms with E-state index in [2.05, 4.69) is 0 Å². The van der Waals surface area contributed by atoms with Gasteiger partial charge in [0.25, 0.3) is 0 Å². The molecule has 3 saturated heterocycles. The van der Waals surface area contributed by atoms with E-state index in [4.69, 9.17) is 46.6 Å². The van der Waals surface area contributed by atoms with E-state index in [0.717, 1.165) is 0 Å². The first-order valence-corrected chi connectivity index (χ1v) is 15.5. The first-order valence-electron chi connectivity index (χ1n) is 14.0. The van der Waals surface area contributed by atoms with Crippen molar-refractivity contribution in [3.63, 3.8) is 0 Å². The Hall–Kier alpha value is -1.90. The average molecular weight is 613 g/mol. The standard InChI is InChI=1S/C28H37O13P/c1-15-13-19(29)34-18-14-16(7-8-17(15)18)40-42(30,31)41-25-23-20(35-26(2,3)37-23)22(21-24(25)38-27(4,5)36-21)39-28(32-6)9-11-33-12-10-28/h7-8,13-14,20-25H,9-12H2,1-6H3,(H,30,31)/t20-,21+,22?,23-,24-,25?/m0/s1. The van der Waals surface area contributed by atoms with Crippen LogP contribution < -0.4 is 10.1 Å². The third-order valence-electron chi connectivity index (χ3n) is 8.00. The zero-order valence-electron chi connectivity index (χ0n) is 24.4. The number of ether oxygens (including phenoxy) is 7. The normalized spacial score (nSPS) is 34.5. The fourth-order valence-corrected chi connectivity index (χ4v) is 7.22. The summed E-state index contributed by atoms with van der Waals surface area (Å²) < 4.78 is 73.1. The number of aryl methyl sites for hydroxylation is 1. The third-order valence-corrected chi connectivity index (χ3v) is 8.95. The zero-order chi connectivity index (χ0) is 30.1. The molecule has 1 aromatic carbocycles. The van der Waals surface area contributed by atoms with Gasteiger partial charge in [0.05, 0.1) is 13.2 Å². The second-order valence-electron chi connectivity index (χ2n) is 12.0. The Kier molecular flexibility index (Phi) is 7.62. The van der Waals surface area contributed by atoms with Gasteiger partial charge in [-0.05, 0) is 52.3 Å². The molecule has 42 heavy (non-hydrogen) atoms. The van der Waals surface area contributed by atoms with E-state index in [1.54, 1.807) is 47.8 Å². The van der Waals surface area contributed by atoms with Crippen molar-refractivity contribution in [3.05, 3.63) is 40.2 Å². The van der Waals surface area contributed by atoms with Gasteiger partial charge in [-0.1, -0.05) is 0 Å². The van der Waals surface area contributed by atoms with Gasteiger partial charge in [-0.2, -0.15) is 0 Å². The van der Waals surface area contributed by atoms with Crippen molar-refractivity contribution in [2.45, 2.75) is 101 Å². The minimum atomic E-state index is -4.81. The third kappa shape index (κ3) is 5.80. The van der Waals surface area contributed by atoms with E-state index < -0.39 is 67.4 Å². The summed E-state index contributed by atoms with van der Waals surface area (Å²) in [6.07, 6.45) is -4.20. The highest BCUT2D eigenvalue weighted by molar-refractivity contribution is 7.47. The van der Waals surface area contributed by atoms with Crippen LogP contribution in [0.1, 0.15) is 46.1 Å². The number of methoxy groups -OCH3 is 1. The summed E-state index contributed by atoms with van der Waals surface area (Å²) in [6.45, 7) is 9.64. The molecule has 4 heterocycles. The molecule has 4 aliphatic rings. The van der Waals surface area contributed by atoms with Crippen molar-refractivity contribution >= 4 is 18.8 Å². The Labute approximate surface area is 242 Å². The molecule has 13 nitrogen and oxygen atoms in total. The number of rotatable bonds is 7. The van der Waals surface area contributed by atoms with Crippen LogP contribution in [0.15, 0.2) is 33.5 Å². The highest BCUT2D eigenvalue weighted by Crippen LogP contribution is 2.53. The van der Waals surface area contributed by atoms with Crippen LogP contribution in [0.3, 0.4) is 0 Å². The molecular weight excluding hydrogens is 575 g/mol. The lowest BCUT2D eigenvalue weighted by atomic mass is 9.84. The minimum Gasteiger partial charge on any atom is -0.423 e. The number of hydrogen-bond acceptors (Lipinski definition) is 12.